The van der Waals surface area contributed by atoms with E-state index in [0.29, 0.717) is 24.2 Å². The van der Waals surface area contributed by atoms with Crippen LogP contribution in [0.2, 0.25) is 0 Å². The molecular formula is C14H22N2O3S. The number of nitrogens with one attached hydrogen (secondary N) is 1. The molecule has 0 radical (unpaired) electrons. The molecule has 0 amide bonds. The smallest absolute Gasteiger partial charge is 0.240 e. The quantitative estimate of drug-likeness (QED) is 0.733. The molecule has 1 aliphatic carbocycles. The Balaban J connectivity index is 2.03. The molecule has 20 heavy (non-hydrogen) atoms. The predicted molar refractivity (Wildman–Crippen MR) is 78.7 cm³/mol. The number of anilines is 1. The van der Waals surface area contributed by atoms with Crippen LogP contribution in [0.15, 0.2) is 23.1 Å². The zero-order chi connectivity index (χ0) is 14.8. The topological polar surface area (TPSA) is 92.4 Å². The van der Waals surface area contributed by atoms with E-state index in [1.54, 1.807) is 19.1 Å². The molecule has 4 N–H and O–H groups in total. The highest BCUT2D eigenvalue weighted by molar-refractivity contribution is 7.89. The lowest BCUT2D eigenvalue weighted by atomic mass is 9.87. The first-order valence-corrected chi connectivity index (χ1v) is 8.40. The van der Waals surface area contributed by atoms with Crippen molar-refractivity contribution in [3.05, 3.63) is 23.8 Å². The van der Waals surface area contributed by atoms with Crippen molar-refractivity contribution in [2.24, 2.45) is 5.92 Å². The Bertz CT molecular complexity index is 572. The molecule has 0 bridgehead atoms. The van der Waals surface area contributed by atoms with Crippen molar-refractivity contribution in [3.63, 3.8) is 0 Å². The van der Waals surface area contributed by atoms with Crippen LogP contribution < -0.4 is 10.5 Å². The van der Waals surface area contributed by atoms with E-state index in [9.17, 15) is 13.5 Å². The van der Waals surface area contributed by atoms with E-state index in [2.05, 4.69) is 4.72 Å². The van der Waals surface area contributed by atoms with E-state index < -0.39 is 10.0 Å². The maximum absolute atomic E-state index is 12.3. The van der Waals surface area contributed by atoms with Crippen LogP contribution >= 0.6 is 0 Å². The first-order chi connectivity index (χ1) is 9.38. The van der Waals surface area contributed by atoms with Crippen molar-refractivity contribution >= 4 is 15.7 Å². The lowest BCUT2D eigenvalue weighted by molar-refractivity contribution is 0.102. The number of hydrogen-bond acceptors (Lipinski definition) is 4. The van der Waals surface area contributed by atoms with Crippen LogP contribution in [0.4, 0.5) is 5.69 Å². The Morgan fingerprint density at radius 1 is 1.40 bits per heavy atom. The highest BCUT2D eigenvalue weighted by atomic mass is 32.2. The van der Waals surface area contributed by atoms with Crippen molar-refractivity contribution in [2.45, 2.75) is 43.6 Å². The van der Waals surface area contributed by atoms with E-state index in [4.69, 9.17) is 5.73 Å². The highest BCUT2D eigenvalue weighted by Gasteiger charge is 2.23. The summed E-state index contributed by atoms with van der Waals surface area (Å²) in [6, 6.07) is 4.77. The molecule has 6 heteroatoms. The van der Waals surface area contributed by atoms with Gasteiger partial charge in [-0.3, -0.25) is 0 Å². The van der Waals surface area contributed by atoms with Crippen LogP contribution in [-0.2, 0) is 10.0 Å². The van der Waals surface area contributed by atoms with Crippen LogP contribution in [0.1, 0.15) is 31.2 Å². The molecule has 1 aromatic carbocycles. The second kappa shape index (κ2) is 6.11. The van der Waals surface area contributed by atoms with Gasteiger partial charge in [-0.25, -0.2) is 13.1 Å². The largest absolute Gasteiger partial charge is 0.399 e. The summed E-state index contributed by atoms with van der Waals surface area (Å²) in [4.78, 5) is 0.267. The number of hydrogen-bond donors (Lipinski definition) is 3. The number of aliphatic hydroxyl groups excluding tert-OH is 1. The SMILES string of the molecule is Cc1cc(N)ccc1S(=O)(=O)NCC1CCCC(O)C1. The van der Waals surface area contributed by atoms with Crippen molar-refractivity contribution in [1.29, 1.82) is 0 Å². The molecule has 0 aromatic heterocycles. The lowest BCUT2D eigenvalue weighted by Gasteiger charge is -2.26. The van der Waals surface area contributed by atoms with Gasteiger partial charge in [0.1, 0.15) is 0 Å². The van der Waals surface area contributed by atoms with Gasteiger partial charge in [-0.05, 0) is 55.9 Å². The summed E-state index contributed by atoms with van der Waals surface area (Å²) < 4.78 is 27.2. The summed E-state index contributed by atoms with van der Waals surface area (Å²) in [5.41, 5.74) is 6.83. The van der Waals surface area contributed by atoms with E-state index in [1.807, 2.05) is 0 Å². The molecule has 0 saturated heterocycles. The normalized spacial score (nSPS) is 23.7. The second-order valence-corrected chi connectivity index (χ2v) is 7.30. The third kappa shape index (κ3) is 3.71. The van der Waals surface area contributed by atoms with Crippen LogP contribution in [0.25, 0.3) is 0 Å². The van der Waals surface area contributed by atoms with Gasteiger partial charge >= 0.3 is 0 Å². The molecule has 1 saturated carbocycles. The first kappa shape index (κ1) is 15.3. The molecular weight excluding hydrogens is 276 g/mol. The summed E-state index contributed by atoms with van der Waals surface area (Å²) in [7, 11) is -3.51. The lowest BCUT2D eigenvalue weighted by Crippen LogP contribution is -2.33. The fourth-order valence-electron chi connectivity index (χ4n) is 2.73. The molecule has 112 valence electrons. The molecule has 5 nitrogen and oxygen atoms in total. The zero-order valence-electron chi connectivity index (χ0n) is 11.7. The van der Waals surface area contributed by atoms with E-state index in [1.165, 1.54) is 6.07 Å². The molecule has 1 aliphatic rings. The Morgan fingerprint density at radius 2 is 2.15 bits per heavy atom. The molecule has 0 aliphatic heterocycles. The van der Waals surface area contributed by atoms with Crippen LogP contribution in [-0.4, -0.2) is 26.2 Å². The molecule has 1 fully saturated rings. The number of sulfonamides is 1. The molecule has 2 unspecified atom stereocenters. The molecule has 2 atom stereocenters. The maximum atomic E-state index is 12.3. The number of benzene rings is 1. The summed E-state index contributed by atoms with van der Waals surface area (Å²) in [5.74, 6) is 0.211. The van der Waals surface area contributed by atoms with Crippen molar-refractivity contribution < 1.29 is 13.5 Å². The minimum Gasteiger partial charge on any atom is -0.399 e. The number of aryl methyl sites for hydroxylation is 1. The van der Waals surface area contributed by atoms with Gasteiger partial charge in [0.25, 0.3) is 0 Å². The van der Waals surface area contributed by atoms with Crippen molar-refractivity contribution in [2.75, 3.05) is 12.3 Å². The van der Waals surface area contributed by atoms with E-state index in [0.717, 1.165) is 19.3 Å². The third-order valence-electron chi connectivity index (χ3n) is 3.81. The summed E-state index contributed by atoms with van der Waals surface area (Å²) in [6.07, 6.45) is 3.11. The number of aliphatic hydroxyl groups is 1. The van der Waals surface area contributed by atoms with Crippen molar-refractivity contribution in [3.8, 4) is 0 Å². The van der Waals surface area contributed by atoms with Gasteiger partial charge in [-0.1, -0.05) is 6.42 Å². The highest BCUT2D eigenvalue weighted by Crippen LogP contribution is 2.24. The second-order valence-electron chi connectivity index (χ2n) is 5.56. The molecule has 0 heterocycles. The van der Waals surface area contributed by atoms with Gasteiger partial charge in [0.05, 0.1) is 11.0 Å². The number of nitrogen functional groups attached to an aromatic ring is 1. The van der Waals surface area contributed by atoms with Gasteiger partial charge in [0.15, 0.2) is 0 Å². The van der Waals surface area contributed by atoms with Gasteiger partial charge in [0.2, 0.25) is 10.0 Å². The average Bonchev–Trinajstić information content (AvgIpc) is 2.36. The number of rotatable bonds is 4. The summed E-state index contributed by atoms with van der Waals surface area (Å²) >= 11 is 0. The fourth-order valence-corrected chi connectivity index (χ4v) is 4.07. The van der Waals surface area contributed by atoms with Gasteiger partial charge in [-0.2, -0.15) is 0 Å². The standard InChI is InChI=1S/C14H22N2O3S/c1-10-7-12(15)5-6-14(10)20(18,19)16-9-11-3-2-4-13(17)8-11/h5-7,11,13,16-17H,2-4,8-9,15H2,1H3. The van der Waals surface area contributed by atoms with Crippen LogP contribution in [0.5, 0.6) is 0 Å². The summed E-state index contributed by atoms with van der Waals surface area (Å²) in [6.45, 7) is 2.11. The average molecular weight is 298 g/mol. The zero-order valence-corrected chi connectivity index (χ0v) is 12.5. The first-order valence-electron chi connectivity index (χ1n) is 6.92. The van der Waals surface area contributed by atoms with E-state index in [-0.39, 0.29) is 16.9 Å². The number of nitrogens with two attached hydrogens (primary N) is 1. The van der Waals surface area contributed by atoms with Gasteiger partial charge in [0, 0.05) is 12.2 Å². The van der Waals surface area contributed by atoms with E-state index >= 15 is 0 Å². The molecule has 0 spiro atoms. The van der Waals surface area contributed by atoms with Crippen LogP contribution in [0, 0.1) is 12.8 Å². The minimum absolute atomic E-state index is 0.211. The Kier molecular flexibility index (Phi) is 4.67. The fraction of sp³-hybridized carbons (Fsp3) is 0.571. The monoisotopic (exact) mass is 298 g/mol. The third-order valence-corrected chi connectivity index (χ3v) is 5.39. The molecule has 2 rings (SSSR count). The Labute approximate surface area is 120 Å². The van der Waals surface area contributed by atoms with Gasteiger partial charge in [-0.15, -0.1) is 0 Å². The Hall–Kier alpha value is -1.11. The summed E-state index contributed by atoms with van der Waals surface area (Å²) in [5, 5.41) is 9.61. The predicted octanol–water partition coefficient (Wildman–Crippen LogP) is 1.41. The maximum Gasteiger partial charge on any atom is 0.240 e. The molecule has 1 aromatic rings. The van der Waals surface area contributed by atoms with Gasteiger partial charge < -0.3 is 10.8 Å². The van der Waals surface area contributed by atoms with Crippen molar-refractivity contribution in [1.82, 2.24) is 4.72 Å². The Morgan fingerprint density at radius 3 is 2.80 bits per heavy atom. The van der Waals surface area contributed by atoms with Crippen LogP contribution in [0.3, 0.4) is 0 Å². The minimum atomic E-state index is -3.51.